The van der Waals surface area contributed by atoms with Crippen LogP contribution in [0.2, 0.25) is 0 Å². The number of rotatable bonds is 5. The number of amides is 1. The SMILES string of the molecule is CC(C)NC(=O)Cn1cc(CN2CC3CCCN3C[C@@H]2C)c2ccccc21. The molecule has 2 aliphatic heterocycles. The number of carbonyl (C=O) groups excluding carboxylic acids is 1. The van der Waals surface area contributed by atoms with Crippen molar-refractivity contribution in [1.29, 1.82) is 0 Å². The van der Waals surface area contributed by atoms with Crippen LogP contribution in [0.15, 0.2) is 30.5 Å². The van der Waals surface area contributed by atoms with Crippen molar-refractivity contribution < 1.29 is 4.79 Å². The molecule has 2 aromatic rings. The summed E-state index contributed by atoms with van der Waals surface area (Å²) in [7, 11) is 0. The van der Waals surface area contributed by atoms with E-state index in [4.69, 9.17) is 0 Å². The van der Waals surface area contributed by atoms with Crippen LogP contribution >= 0.6 is 0 Å². The molecule has 0 aliphatic carbocycles. The lowest BCUT2D eigenvalue weighted by Crippen LogP contribution is -2.54. The van der Waals surface area contributed by atoms with E-state index >= 15 is 0 Å². The van der Waals surface area contributed by atoms with Crippen molar-refractivity contribution in [3.05, 3.63) is 36.0 Å². The molecule has 3 heterocycles. The van der Waals surface area contributed by atoms with Gasteiger partial charge in [-0.15, -0.1) is 0 Å². The Balaban J connectivity index is 1.55. The highest BCUT2D eigenvalue weighted by atomic mass is 16.2. The molecule has 0 spiro atoms. The van der Waals surface area contributed by atoms with Gasteiger partial charge < -0.3 is 9.88 Å². The van der Waals surface area contributed by atoms with Crippen molar-refractivity contribution in [2.24, 2.45) is 0 Å². The van der Waals surface area contributed by atoms with Crippen LogP contribution in [0.3, 0.4) is 0 Å². The highest BCUT2D eigenvalue weighted by Gasteiger charge is 2.34. The molecule has 2 atom stereocenters. The second-order valence-corrected chi connectivity index (χ2v) is 8.59. The van der Waals surface area contributed by atoms with Crippen LogP contribution in [-0.4, -0.2) is 58.0 Å². The Labute approximate surface area is 162 Å². The van der Waals surface area contributed by atoms with E-state index in [0.29, 0.717) is 12.6 Å². The second kappa shape index (κ2) is 7.64. The molecule has 27 heavy (non-hydrogen) atoms. The minimum atomic E-state index is 0.0743. The Hall–Kier alpha value is -1.85. The number of para-hydroxylation sites is 1. The predicted molar refractivity (Wildman–Crippen MR) is 110 cm³/mol. The fourth-order valence-corrected chi connectivity index (χ4v) is 4.79. The molecule has 0 radical (unpaired) electrons. The summed E-state index contributed by atoms with van der Waals surface area (Å²) in [4.78, 5) is 17.6. The van der Waals surface area contributed by atoms with Gasteiger partial charge in [-0.2, -0.15) is 0 Å². The molecule has 5 nitrogen and oxygen atoms in total. The number of hydrogen-bond donors (Lipinski definition) is 1. The summed E-state index contributed by atoms with van der Waals surface area (Å²) in [6.07, 6.45) is 4.87. The molecule has 1 aromatic heterocycles. The Morgan fingerprint density at radius 3 is 2.89 bits per heavy atom. The largest absolute Gasteiger partial charge is 0.352 e. The Morgan fingerprint density at radius 1 is 1.26 bits per heavy atom. The van der Waals surface area contributed by atoms with Crippen molar-refractivity contribution in [3.8, 4) is 0 Å². The lowest BCUT2D eigenvalue weighted by Gasteiger charge is -2.42. The minimum absolute atomic E-state index is 0.0743. The molecule has 0 bridgehead atoms. The quantitative estimate of drug-likeness (QED) is 0.882. The molecule has 0 saturated carbocycles. The van der Waals surface area contributed by atoms with E-state index in [1.54, 1.807) is 0 Å². The first-order chi connectivity index (χ1) is 13.0. The van der Waals surface area contributed by atoms with Crippen molar-refractivity contribution in [2.75, 3.05) is 19.6 Å². The first-order valence-electron chi connectivity index (χ1n) is 10.4. The maximum atomic E-state index is 12.3. The van der Waals surface area contributed by atoms with Gasteiger partial charge in [0.05, 0.1) is 0 Å². The van der Waals surface area contributed by atoms with Crippen LogP contribution in [-0.2, 0) is 17.9 Å². The zero-order valence-corrected chi connectivity index (χ0v) is 16.8. The van der Waals surface area contributed by atoms with Gasteiger partial charge in [-0.3, -0.25) is 14.6 Å². The van der Waals surface area contributed by atoms with Crippen LogP contribution < -0.4 is 5.32 Å². The number of nitrogens with one attached hydrogen (secondary N) is 1. The van der Waals surface area contributed by atoms with Gasteiger partial charge in [0, 0.05) is 54.9 Å². The fourth-order valence-electron chi connectivity index (χ4n) is 4.79. The van der Waals surface area contributed by atoms with Crippen LogP contribution in [0.1, 0.15) is 39.2 Å². The minimum Gasteiger partial charge on any atom is -0.352 e. The highest BCUT2D eigenvalue weighted by molar-refractivity contribution is 5.86. The maximum Gasteiger partial charge on any atom is 0.240 e. The number of benzene rings is 1. The van der Waals surface area contributed by atoms with Gasteiger partial charge >= 0.3 is 0 Å². The summed E-state index contributed by atoms with van der Waals surface area (Å²) in [5, 5.41) is 4.28. The second-order valence-electron chi connectivity index (χ2n) is 8.59. The van der Waals surface area contributed by atoms with Gasteiger partial charge in [-0.1, -0.05) is 18.2 Å². The van der Waals surface area contributed by atoms with Crippen LogP contribution in [0.25, 0.3) is 10.9 Å². The molecular weight excluding hydrogens is 336 g/mol. The molecule has 1 unspecified atom stereocenters. The third-order valence-corrected chi connectivity index (χ3v) is 6.07. The van der Waals surface area contributed by atoms with Gasteiger partial charge in [0.25, 0.3) is 0 Å². The van der Waals surface area contributed by atoms with Crippen LogP contribution in [0.4, 0.5) is 0 Å². The lowest BCUT2D eigenvalue weighted by atomic mass is 10.1. The molecule has 146 valence electrons. The van der Waals surface area contributed by atoms with Crippen LogP contribution in [0.5, 0.6) is 0 Å². The zero-order valence-electron chi connectivity index (χ0n) is 16.8. The Morgan fingerprint density at radius 2 is 2.07 bits per heavy atom. The van der Waals surface area contributed by atoms with E-state index in [1.807, 2.05) is 13.8 Å². The topological polar surface area (TPSA) is 40.5 Å². The molecule has 2 aliphatic rings. The number of carbonyl (C=O) groups is 1. The standard InChI is InChI=1S/C22H32N4O/c1-16(2)23-22(27)15-26-13-18(20-8-4-5-9-21(20)26)12-25-14-19-7-6-10-24(19)11-17(25)3/h4-5,8-9,13,16-17,19H,6-7,10-12,14-15H2,1-3H3,(H,23,27)/t17-,19?/m0/s1. The summed E-state index contributed by atoms with van der Waals surface area (Å²) < 4.78 is 2.11. The molecule has 1 aromatic carbocycles. The lowest BCUT2D eigenvalue weighted by molar-refractivity contribution is -0.122. The molecule has 5 heteroatoms. The molecule has 1 amide bonds. The third-order valence-electron chi connectivity index (χ3n) is 6.07. The average molecular weight is 369 g/mol. The summed E-state index contributed by atoms with van der Waals surface area (Å²) in [5.41, 5.74) is 2.49. The molecule has 2 fully saturated rings. The number of nitrogens with zero attached hydrogens (tertiary/aromatic N) is 3. The molecule has 4 rings (SSSR count). The van der Waals surface area contributed by atoms with Gasteiger partial charge in [0.1, 0.15) is 6.54 Å². The van der Waals surface area contributed by atoms with Gasteiger partial charge in [0.15, 0.2) is 0 Å². The number of fused-ring (bicyclic) bond motifs is 2. The maximum absolute atomic E-state index is 12.3. The number of aromatic nitrogens is 1. The smallest absolute Gasteiger partial charge is 0.240 e. The van der Waals surface area contributed by atoms with Gasteiger partial charge in [-0.25, -0.2) is 0 Å². The van der Waals surface area contributed by atoms with Crippen molar-refractivity contribution >= 4 is 16.8 Å². The van der Waals surface area contributed by atoms with Crippen molar-refractivity contribution in [3.63, 3.8) is 0 Å². The van der Waals surface area contributed by atoms with E-state index in [1.165, 1.54) is 36.9 Å². The predicted octanol–water partition coefficient (Wildman–Crippen LogP) is 2.83. The fraction of sp³-hybridized carbons (Fsp3) is 0.591. The van der Waals surface area contributed by atoms with E-state index in [2.05, 4.69) is 57.1 Å². The summed E-state index contributed by atoms with van der Waals surface area (Å²) in [5.74, 6) is 0.0743. The third kappa shape index (κ3) is 3.90. The summed E-state index contributed by atoms with van der Waals surface area (Å²) in [6, 6.07) is 9.95. The average Bonchev–Trinajstić information content (AvgIpc) is 3.20. The molecule has 1 N–H and O–H groups in total. The summed E-state index contributed by atoms with van der Waals surface area (Å²) >= 11 is 0. The van der Waals surface area contributed by atoms with Gasteiger partial charge in [-0.05, 0) is 51.8 Å². The first-order valence-corrected chi connectivity index (χ1v) is 10.4. The van der Waals surface area contributed by atoms with Crippen molar-refractivity contribution in [1.82, 2.24) is 19.7 Å². The molecular formula is C22H32N4O. The number of hydrogen-bond acceptors (Lipinski definition) is 3. The van der Waals surface area contributed by atoms with E-state index in [9.17, 15) is 4.79 Å². The normalized spacial score (nSPS) is 23.9. The highest BCUT2D eigenvalue weighted by Crippen LogP contribution is 2.28. The van der Waals surface area contributed by atoms with E-state index in [-0.39, 0.29) is 11.9 Å². The van der Waals surface area contributed by atoms with Crippen LogP contribution in [0, 0.1) is 0 Å². The first kappa shape index (κ1) is 18.5. The van der Waals surface area contributed by atoms with Gasteiger partial charge in [0.2, 0.25) is 5.91 Å². The van der Waals surface area contributed by atoms with E-state index in [0.717, 1.165) is 24.6 Å². The molecule has 2 saturated heterocycles. The Bertz CT molecular complexity index is 812. The van der Waals surface area contributed by atoms with Crippen molar-refractivity contribution in [2.45, 2.75) is 64.8 Å². The summed E-state index contributed by atoms with van der Waals surface area (Å²) in [6.45, 7) is 11.3. The Kier molecular flexibility index (Phi) is 5.24. The zero-order chi connectivity index (χ0) is 19.0. The number of piperazine rings is 1. The van der Waals surface area contributed by atoms with E-state index < -0.39 is 0 Å². The monoisotopic (exact) mass is 368 g/mol.